The lowest BCUT2D eigenvalue weighted by molar-refractivity contribution is -0.173. The largest absolute Gasteiger partial charge is 0.457 e. The molecule has 18 heteroatoms. The molecular formula is C34H53N7O11. The molecule has 4 rings (SSSR count). The summed E-state index contributed by atoms with van der Waals surface area (Å²) < 4.78 is 28.8. The predicted molar refractivity (Wildman–Crippen MR) is 188 cm³/mol. The van der Waals surface area contributed by atoms with Crippen LogP contribution in [0, 0.1) is 0 Å². The first-order chi connectivity index (χ1) is 24.0. The van der Waals surface area contributed by atoms with Crippen molar-refractivity contribution in [3.05, 3.63) is 10.4 Å². The average Bonchev–Trinajstić information content (AvgIpc) is 3.67. The van der Waals surface area contributed by atoms with Crippen LogP contribution >= 0.6 is 0 Å². The monoisotopic (exact) mass is 735 g/mol. The highest BCUT2D eigenvalue weighted by Crippen LogP contribution is 2.33. The van der Waals surface area contributed by atoms with Crippen LogP contribution < -0.4 is 21.5 Å². The molecule has 18 nitrogen and oxygen atoms in total. The maximum Gasteiger partial charge on any atom is 0.415 e. The molecule has 0 radical (unpaired) electrons. The molecule has 2 fully saturated rings. The van der Waals surface area contributed by atoms with Crippen molar-refractivity contribution in [3.63, 3.8) is 0 Å². The Morgan fingerprint density at radius 3 is 1.71 bits per heavy atom. The first-order valence-corrected chi connectivity index (χ1v) is 17.5. The number of nitrogens with one attached hydrogen (secondary N) is 2. The Hall–Kier alpha value is -4.77. The molecule has 3 aliphatic heterocycles. The van der Waals surface area contributed by atoms with Crippen molar-refractivity contribution >= 4 is 47.7 Å². The van der Waals surface area contributed by atoms with E-state index in [1.807, 2.05) is 0 Å². The van der Waals surface area contributed by atoms with Gasteiger partial charge in [-0.05, 0) is 94.9 Å². The molecule has 1 aromatic heterocycles. The summed E-state index contributed by atoms with van der Waals surface area (Å²) in [6, 6.07) is -3.27. The van der Waals surface area contributed by atoms with Gasteiger partial charge in [0.1, 0.15) is 35.0 Å². The third-order valence-electron chi connectivity index (χ3n) is 8.26. The van der Waals surface area contributed by atoms with E-state index in [0.29, 0.717) is 19.3 Å². The number of rotatable bonds is 6. The van der Waals surface area contributed by atoms with Gasteiger partial charge in [-0.1, -0.05) is 0 Å². The van der Waals surface area contributed by atoms with Crippen LogP contribution in [-0.4, -0.2) is 117 Å². The Bertz CT molecular complexity index is 1590. The van der Waals surface area contributed by atoms with Gasteiger partial charge < -0.3 is 34.7 Å². The van der Waals surface area contributed by atoms with Crippen molar-refractivity contribution in [2.45, 2.75) is 142 Å². The van der Waals surface area contributed by atoms with E-state index in [0.717, 1.165) is 4.90 Å². The van der Waals surface area contributed by atoms with Crippen molar-refractivity contribution in [2.24, 2.45) is 0 Å². The fraction of sp³-hybridized carbons (Fsp3) is 0.735. The van der Waals surface area contributed by atoms with Gasteiger partial charge in [0.2, 0.25) is 5.95 Å². The molecule has 290 valence electrons. The quantitative estimate of drug-likeness (QED) is 0.281. The number of hydrogen-bond acceptors (Lipinski definition) is 14. The Balaban J connectivity index is 1.72. The van der Waals surface area contributed by atoms with Gasteiger partial charge in [0.15, 0.2) is 17.6 Å². The number of nitrogens with two attached hydrogens (primary N) is 1. The fourth-order valence-corrected chi connectivity index (χ4v) is 6.22. The highest BCUT2D eigenvalue weighted by atomic mass is 16.6. The lowest BCUT2D eigenvalue weighted by atomic mass is 10.0. The summed E-state index contributed by atoms with van der Waals surface area (Å²) in [4.78, 5) is 91.2. The Labute approximate surface area is 303 Å². The molecule has 0 bridgehead atoms. The standard InChI is InChI=1S/C34H53N7O11/c1-18(48-26(43)19-13-11-15-39(19)29(45)50-32(2,3)4)23(49-27(44)20-14-12-16-40(20)30(46)51-33(5,6)7)21-17-36-24-22(25(42)38-28(35)37-24)41(21)31(47)52-34(8,9)10/h18-21,23H,11-17H2,1-10H3,(H4,35,36,37,38,42). The van der Waals surface area contributed by atoms with E-state index in [2.05, 4.69) is 15.3 Å². The van der Waals surface area contributed by atoms with Gasteiger partial charge in [0, 0.05) is 19.6 Å². The molecule has 0 aliphatic carbocycles. The number of aromatic nitrogens is 2. The van der Waals surface area contributed by atoms with E-state index in [1.54, 1.807) is 62.3 Å². The second kappa shape index (κ2) is 15.1. The van der Waals surface area contributed by atoms with Crippen molar-refractivity contribution in [2.75, 3.05) is 35.6 Å². The van der Waals surface area contributed by atoms with Crippen LogP contribution in [0.5, 0.6) is 0 Å². The normalized spacial score (nSPS) is 21.7. The van der Waals surface area contributed by atoms with E-state index < -0.39 is 82.9 Å². The third-order valence-corrected chi connectivity index (χ3v) is 8.26. The summed E-state index contributed by atoms with van der Waals surface area (Å²) in [6.45, 7) is 17.0. The molecule has 5 atom stereocenters. The van der Waals surface area contributed by atoms with Crippen LogP contribution in [0.2, 0.25) is 0 Å². The molecule has 0 saturated carbocycles. The average molecular weight is 736 g/mol. The van der Waals surface area contributed by atoms with Gasteiger partial charge in [-0.3, -0.25) is 24.5 Å². The SMILES string of the molecule is CC(OC(=O)C1CCCN1C(=O)OC(C)(C)C)C(OC(=O)C1CCCN1C(=O)OC(C)(C)C)C1CNc2nc(N)[nH]c(=O)c2N1C(=O)OC(C)(C)C. The maximum absolute atomic E-state index is 14.0. The second-order valence-electron chi connectivity index (χ2n) is 16.2. The molecule has 2 saturated heterocycles. The molecule has 0 aromatic carbocycles. The number of fused-ring (bicyclic) bond motifs is 1. The van der Waals surface area contributed by atoms with E-state index in [-0.39, 0.29) is 43.5 Å². The number of amides is 3. The number of aromatic amines is 1. The number of hydrogen-bond donors (Lipinski definition) is 3. The molecule has 3 aliphatic rings. The number of carbonyl (C=O) groups excluding carboxylic acids is 5. The molecule has 1 aromatic rings. The summed E-state index contributed by atoms with van der Waals surface area (Å²) in [5.41, 5.74) is 2.10. The van der Waals surface area contributed by atoms with Crippen LogP contribution in [0.25, 0.3) is 0 Å². The highest BCUT2D eigenvalue weighted by molar-refractivity contribution is 5.93. The minimum absolute atomic E-state index is 0.0241. The lowest BCUT2D eigenvalue weighted by Gasteiger charge is -2.42. The molecule has 4 heterocycles. The lowest BCUT2D eigenvalue weighted by Crippen LogP contribution is -2.61. The third kappa shape index (κ3) is 9.76. The van der Waals surface area contributed by atoms with Crippen molar-refractivity contribution in [1.82, 2.24) is 19.8 Å². The maximum atomic E-state index is 14.0. The van der Waals surface area contributed by atoms with Gasteiger partial charge >= 0.3 is 30.2 Å². The van der Waals surface area contributed by atoms with Gasteiger partial charge in [-0.2, -0.15) is 4.98 Å². The van der Waals surface area contributed by atoms with Crippen molar-refractivity contribution < 1.29 is 47.7 Å². The zero-order valence-corrected chi connectivity index (χ0v) is 31.7. The van der Waals surface area contributed by atoms with Crippen LogP contribution in [-0.2, 0) is 33.3 Å². The van der Waals surface area contributed by atoms with E-state index >= 15 is 0 Å². The summed E-state index contributed by atoms with van der Waals surface area (Å²) in [6.07, 6.45) is -3.51. The number of carbonyl (C=O) groups is 5. The van der Waals surface area contributed by atoms with Crippen LogP contribution in [0.1, 0.15) is 94.9 Å². The number of likely N-dealkylation sites (tertiary alicyclic amines) is 2. The van der Waals surface area contributed by atoms with E-state index in [1.165, 1.54) is 16.7 Å². The van der Waals surface area contributed by atoms with Gasteiger partial charge in [-0.25, -0.2) is 24.0 Å². The zero-order chi connectivity index (χ0) is 38.9. The summed E-state index contributed by atoms with van der Waals surface area (Å²) in [5, 5.41) is 2.98. The van der Waals surface area contributed by atoms with Crippen molar-refractivity contribution in [3.8, 4) is 0 Å². The topological polar surface area (TPSA) is 225 Å². The second-order valence-corrected chi connectivity index (χ2v) is 16.2. The summed E-state index contributed by atoms with van der Waals surface area (Å²) in [5.74, 6) is -1.86. The van der Waals surface area contributed by atoms with Crippen LogP contribution in [0.3, 0.4) is 0 Å². The smallest absolute Gasteiger partial charge is 0.415 e. The van der Waals surface area contributed by atoms with Crippen LogP contribution in [0.4, 0.5) is 31.8 Å². The molecule has 3 amide bonds. The Kier molecular flexibility index (Phi) is 11.6. The predicted octanol–water partition coefficient (Wildman–Crippen LogP) is 3.53. The Morgan fingerprint density at radius 1 is 0.769 bits per heavy atom. The first-order valence-electron chi connectivity index (χ1n) is 17.5. The number of nitrogen functional groups attached to an aromatic ring is 1. The molecule has 5 unspecified atom stereocenters. The minimum atomic E-state index is -1.45. The number of nitrogens with zero attached hydrogens (tertiary/aromatic N) is 4. The van der Waals surface area contributed by atoms with Crippen LogP contribution in [0.15, 0.2) is 4.79 Å². The molecule has 52 heavy (non-hydrogen) atoms. The fourth-order valence-electron chi connectivity index (χ4n) is 6.22. The Morgan fingerprint density at radius 2 is 1.23 bits per heavy atom. The van der Waals surface area contributed by atoms with Crippen molar-refractivity contribution in [1.29, 1.82) is 0 Å². The van der Waals surface area contributed by atoms with Gasteiger partial charge in [0.05, 0.1) is 6.04 Å². The number of esters is 2. The summed E-state index contributed by atoms with van der Waals surface area (Å²) in [7, 11) is 0. The first kappa shape index (κ1) is 40.0. The molecule has 4 N–H and O–H groups in total. The molecular weight excluding hydrogens is 682 g/mol. The minimum Gasteiger partial charge on any atom is -0.457 e. The zero-order valence-electron chi connectivity index (χ0n) is 31.7. The van der Waals surface area contributed by atoms with E-state index in [4.69, 9.17) is 29.4 Å². The van der Waals surface area contributed by atoms with E-state index in [9.17, 15) is 28.8 Å². The number of H-pyrrole nitrogens is 1. The summed E-state index contributed by atoms with van der Waals surface area (Å²) >= 11 is 0. The molecule has 0 spiro atoms. The number of ether oxygens (including phenoxy) is 5. The highest BCUT2D eigenvalue weighted by Gasteiger charge is 2.48. The van der Waals surface area contributed by atoms with Gasteiger partial charge in [0.25, 0.3) is 5.56 Å². The van der Waals surface area contributed by atoms with Gasteiger partial charge in [-0.15, -0.1) is 0 Å². The number of anilines is 3.